The first-order chi connectivity index (χ1) is 8.67. The van der Waals surface area contributed by atoms with E-state index in [0.717, 1.165) is 31.5 Å². The highest BCUT2D eigenvalue weighted by Crippen LogP contribution is 2.38. The topological polar surface area (TPSA) is 29.3 Å². The van der Waals surface area contributed by atoms with Crippen molar-refractivity contribution in [1.82, 2.24) is 4.90 Å². The minimum atomic E-state index is -0.152. The highest BCUT2D eigenvalue weighted by Gasteiger charge is 2.34. The molecule has 1 aliphatic heterocycles. The smallest absolute Gasteiger partial charge is 0.123 e. The van der Waals surface area contributed by atoms with Crippen LogP contribution in [0.2, 0.25) is 0 Å². The van der Waals surface area contributed by atoms with E-state index in [1.807, 2.05) is 13.0 Å². The van der Waals surface area contributed by atoms with Crippen LogP contribution in [0.3, 0.4) is 0 Å². The van der Waals surface area contributed by atoms with E-state index in [9.17, 15) is 4.39 Å². The first-order valence-electron chi connectivity index (χ1n) is 6.87. The Kier molecular flexibility index (Phi) is 4.36. The van der Waals surface area contributed by atoms with Gasteiger partial charge in [-0.15, -0.1) is 0 Å². The molecule has 0 aromatic heterocycles. The van der Waals surface area contributed by atoms with Gasteiger partial charge in [0.15, 0.2) is 0 Å². The molecular weight excluding hydrogens is 227 g/mol. The van der Waals surface area contributed by atoms with Crippen LogP contribution in [-0.4, -0.2) is 24.5 Å². The normalized spacial score (nSPS) is 24.7. The number of likely N-dealkylation sites (tertiary alicyclic amines) is 1. The van der Waals surface area contributed by atoms with Crippen molar-refractivity contribution in [2.45, 2.75) is 32.7 Å². The van der Waals surface area contributed by atoms with E-state index < -0.39 is 0 Å². The zero-order valence-electron chi connectivity index (χ0n) is 11.3. The van der Waals surface area contributed by atoms with E-state index in [2.05, 4.69) is 11.8 Å². The molecule has 3 heteroatoms. The second-order valence-electron chi connectivity index (χ2n) is 5.27. The number of nitrogens with two attached hydrogens (primary N) is 1. The van der Waals surface area contributed by atoms with Crippen molar-refractivity contribution in [3.63, 3.8) is 0 Å². The molecule has 1 aliphatic rings. The van der Waals surface area contributed by atoms with Gasteiger partial charge in [0.05, 0.1) is 0 Å². The fourth-order valence-electron chi connectivity index (χ4n) is 3.13. The first-order valence-corrected chi connectivity index (χ1v) is 6.87. The fourth-order valence-corrected chi connectivity index (χ4v) is 3.13. The summed E-state index contributed by atoms with van der Waals surface area (Å²) in [7, 11) is 0. The van der Waals surface area contributed by atoms with Crippen LogP contribution in [0.15, 0.2) is 18.2 Å². The third-order valence-corrected chi connectivity index (χ3v) is 3.99. The SMILES string of the molecule is CCCN1CCC(CN)C1c1ccc(F)cc1C. The lowest BCUT2D eigenvalue weighted by Gasteiger charge is -2.29. The zero-order valence-corrected chi connectivity index (χ0v) is 11.3. The quantitative estimate of drug-likeness (QED) is 0.890. The molecule has 1 fully saturated rings. The average molecular weight is 250 g/mol. The van der Waals surface area contributed by atoms with Crippen LogP contribution in [0.25, 0.3) is 0 Å². The Morgan fingerprint density at radius 3 is 2.83 bits per heavy atom. The van der Waals surface area contributed by atoms with Gasteiger partial charge in [-0.3, -0.25) is 4.90 Å². The molecule has 0 bridgehead atoms. The van der Waals surface area contributed by atoms with Crippen molar-refractivity contribution in [2.24, 2.45) is 11.7 Å². The predicted molar refractivity (Wildman–Crippen MR) is 72.9 cm³/mol. The molecule has 1 heterocycles. The molecule has 2 N–H and O–H groups in total. The number of nitrogens with zero attached hydrogens (tertiary/aromatic N) is 1. The molecule has 2 atom stereocenters. The largest absolute Gasteiger partial charge is 0.330 e. The number of benzene rings is 1. The lowest BCUT2D eigenvalue weighted by molar-refractivity contribution is 0.230. The van der Waals surface area contributed by atoms with Crippen LogP contribution in [0.1, 0.15) is 36.9 Å². The third-order valence-electron chi connectivity index (χ3n) is 3.99. The Morgan fingerprint density at radius 2 is 2.22 bits per heavy atom. The molecule has 1 aromatic rings. The summed E-state index contributed by atoms with van der Waals surface area (Å²) < 4.78 is 13.2. The van der Waals surface area contributed by atoms with Crippen LogP contribution in [0.4, 0.5) is 4.39 Å². The molecule has 2 nitrogen and oxygen atoms in total. The van der Waals surface area contributed by atoms with Crippen molar-refractivity contribution in [2.75, 3.05) is 19.6 Å². The van der Waals surface area contributed by atoms with Gasteiger partial charge < -0.3 is 5.73 Å². The molecule has 1 aromatic carbocycles. The van der Waals surface area contributed by atoms with Crippen LogP contribution in [0, 0.1) is 18.7 Å². The second kappa shape index (κ2) is 5.81. The van der Waals surface area contributed by atoms with Gasteiger partial charge in [-0.2, -0.15) is 0 Å². The Morgan fingerprint density at radius 1 is 1.44 bits per heavy atom. The van der Waals surface area contributed by atoms with Gasteiger partial charge in [0.25, 0.3) is 0 Å². The summed E-state index contributed by atoms with van der Waals surface area (Å²) in [5.74, 6) is 0.348. The van der Waals surface area contributed by atoms with E-state index in [1.54, 1.807) is 12.1 Å². The monoisotopic (exact) mass is 250 g/mol. The van der Waals surface area contributed by atoms with Gasteiger partial charge in [-0.05, 0) is 68.6 Å². The second-order valence-corrected chi connectivity index (χ2v) is 5.27. The van der Waals surface area contributed by atoms with Gasteiger partial charge in [0.2, 0.25) is 0 Å². The van der Waals surface area contributed by atoms with Crippen LogP contribution >= 0.6 is 0 Å². The summed E-state index contributed by atoms with van der Waals surface area (Å²) in [6, 6.07) is 5.51. The molecule has 18 heavy (non-hydrogen) atoms. The van der Waals surface area contributed by atoms with Gasteiger partial charge in [-0.25, -0.2) is 4.39 Å². The van der Waals surface area contributed by atoms with E-state index in [0.29, 0.717) is 18.5 Å². The summed E-state index contributed by atoms with van der Waals surface area (Å²) >= 11 is 0. The molecule has 100 valence electrons. The van der Waals surface area contributed by atoms with Crippen molar-refractivity contribution < 1.29 is 4.39 Å². The number of hydrogen-bond donors (Lipinski definition) is 1. The maximum absolute atomic E-state index is 13.2. The Balaban J connectivity index is 2.31. The molecule has 0 aliphatic carbocycles. The van der Waals surface area contributed by atoms with Gasteiger partial charge >= 0.3 is 0 Å². The molecule has 2 rings (SSSR count). The van der Waals surface area contributed by atoms with Crippen molar-refractivity contribution >= 4 is 0 Å². The molecule has 0 amide bonds. The molecule has 0 radical (unpaired) electrons. The number of halogens is 1. The lowest BCUT2D eigenvalue weighted by Crippen LogP contribution is -2.29. The highest BCUT2D eigenvalue weighted by molar-refractivity contribution is 5.31. The van der Waals surface area contributed by atoms with Crippen LogP contribution in [0.5, 0.6) is 0 Å². The average Bonchev–Trinajstić information content (AvgIpc) is 2.73. The number of hydrogen-bond acceptors (Lipinski definition) is 2. The van der Waals surface area contributed by atoms with Gasteiger partial charge in [-0.1, -0.05) is 13.0 Å². The van der Waals surface area contributed by atoms with Crippen LogP contribution < -0.4 is 5.73 Å². The molecule has 0 saturated carbocycles. The fraction of sp³-hybridized carbons (Fsp3) is 0.600. The molecule has 1 saturated heterocycles. The zero-order chi connectivity index (χ0) is 13.1. The van der Waals surface area contributed by atoms with E-state index in [1.165, 1.54) is 5.56 Å². The predicted octanol–water partition coefficient (Wildman–Crippen LogP) is 2.87. The number of rotatable bonds is 4. The molecule has 2 unspecified atom stereocenters. The Labute approximate surface area is 109 Å². The van der Waals surface area contributed by atoms with E-state index in [-0.39, 0.29) is 5.82 Å². The Hall–Kier alpha value is -0.930. The van der Waals surface area contributed by atoms with Crippen molar-refractivity contribution in [3.8, 4) is 0 Å². The standard InChI is InChI=1S/C15H23FN2/c1-3-7-18-8-6-12(10-17)15(18)14-5-4-13(16)9-11(14)2/h4-5,9,12,15H,3,6-8,10,17H2,1-2H3. The Bertz CT molecular complexity index is 405. The van der Waals surface area contributed by atoms with Crippen molar-refractivity contribution in [3.05, 3.63) is 35.1 Å². The summed E-state index contributed by atoms with van der Waals surface area (Å²) in [4.78, 5) is 2.50. The van der Waals surface area contributed by atoms with Gasteiger partial charge in [0.1, 0.15) is 5.82 Å². The van der Waals surface area contributed by atoms with Gasteiger partial charge in [0, 0.05) is 6.04 Å². The van der Waals surface area contributed by atoms with E-state index >= 15 is 0 Å². The summed E-state index contributed by atoms with van der Waals surface area (Å²) in [6.07, 6.45) is 2.30. The summed E-state index contributed by atoms with van der Waals surface area (Å²) in [6.45, 7) is 7.11. The lowest BCUT2D eigenvalue weighted by atomic mass is 9.91. The van der Waals surface area contributed by atoms with Crippen LogP contribution in [-0.2, 0) is 0 Å². The summed E-state index contributed by atoms with van der Waals surface area (Å²) in [5.41, 5.74) is 8.19. The molecule has 0 spiro atoms. The molecular formula is C15H23FN2. The van der Waals surface area contributed by atoms with E-state index in [4.69, 9.17) is 5.73 Å². The minimum absolute atomic E-state index is 0.152. The summed E-state index contributed by atoms with van der Waals surface area (Å²) in [5, 5.41) is 0. The third kappa shape index (κ3) is 2.57. The maximum atomic E-state index is 13.2. The highest BCUT2D eigenvalue weighted by atomic mass is 19.1. The first kappa shape index (κ1) is 13.5. The number of aryl methyl sites for hydroxylation is 1. The minimum Gasteiger partial charge on any atom is -0.330 e. The van der Waals surface area contributed by atoms with Crippen molar-refractivity contribution in [1.29, 1.82) is 0 Å². The maximum Gasteiger partial charge on any atom is 0.123 e.